The number of alkyl halides is 2. The second kappa shape index (κ2) is 4.16. The summed E-state index contributed by atoms with van der Waals surface area (Å²) in [4.78, 5) is 0. The second-order valence-corrected chi connectivity index (χ2v) is 3.95. The van der Waals surface area contributed by atoms with Gasteiger partial charge in [-0.1, -0.05) is 12.1 Å². The van der Waals surface area contributed by atoms with Crippen LogP contribution in [0.5, 0.6) is 0 Å². The smallest absolute Gasteiger partial charge is 0.263 e. The van der Waals surface area contributed by atoms with E-state index in [0.717, 1.165) is 5.56 Å². The second-order valence-electron chi connectivity index (χ2n) is 3.95. The van der Waals surface area contributed by atoms with Crippen LogP contribution in [0.15, 0.2) is 24.3 Å². The number of hydrogen-bond donors (Lipinski definition) is 1. The molecular weight excluding hydrogens is 224 g/mol. The van der Waals surface area contributed by atoms with Crippen LogP contribution in [0.3, 0.4) is 0 Å². The highest BCUT2D eigenvalue weighted by Crippen LogP contribution is 2.28. The van der Waals surface area contributed by atoms with Gasteiger partial charge in [-0.3, -0.25) is 4.68 Å². The SMILES string of the molecule is Cc1ccc(C(F)F)cc1-c1cc(N)n(C)n1. The van der Waals surface area contributed by atoms with Gasteiger partial charge in [0.15, 0.2) is 0 Å². The zero-order valence-electron chi connectivity index (χ0n) is 9.61. The summed E-state index contributed by atoms with van der Waals surface area (Å²) in [7, 11) is 1.71. The standard InChI is InChI=1S/C12H13F2N3/c1-7-3-4-8(12(13)14)5-9(7)10-6-11(15)17(2)16-10/h3-6,12H,15H2,1-2H3. The van der Waals surface area contributed by atoms with E-state index in [4.69, 9.17) is 5.73 Å². The molecule has 0 atom stereocenters. The fourth-order valence-corrected chi connectivity index (χ4v) is 1.66. The molecule has 0 aliphatic rings. The molecule has 0 spiro atoms. The Morgan fingerprint density at radius 2 is 2.00 bits per heavy atom. The van der Waals surface area contributed by atoms with Crippen molar-refractivity contribution in [3.05, 3.63) is 35.4 Å². The predicted octanol–water partition coefficient (Wildman–Crippen LogP) is 2.92. The summed E-state index contributed by atoms with van der Waals surface area (Å²) in [6, 6.07) is 6.23. The molecule has 2 aromatic rings. The van der Waals surface area contributed by atoms with Gasteiger partial charge in [-0.15, -0.1) is 0 Å². The molecule has 0 fully saturated rings. The Kier molecular flexibility index (Phi) is 2.83. The first-order valence-electron chi connectivity index (χ1n) is 5.17. The number of aryl methyl sites for hydroxylation is 2. The van der Waals surface area contributed by atoms with Crippen molar-refractivity contribution < 1.29 is 8.78 Å². The molecule has 1 aromatic carbocycles. The summed E-state index contributed by atoms with van der Waals surface area (Å²) in [5.74, 6) is 0.502. The quantitative estimate of drug-likeness (QED) is 0.872. The minimum atomic E-state index is -2.48. The number of aromatic nitrogens is 2. The largest absolute Gasteiger partial charge is 0.384 e. The van der Waals surface area contributed by atoms with Crippen LogP contribution in [-0.2, 0) is 7.05 Å². The van der Waals surface area contributed by atoms with E-state index in [9.17, 15) is 8.78 Å². The lowest BCUT2D eigenvalue weighted by atomic mass is 10.0. The van der Waals surface area contributed by atoms with Crippen molar-refractivity contribution in [1.82, 2.24) is 9.78 Å². The minimum Gasteiger partial charge on any atom is -0.384 e. The minimum absolute atomic E-state index is 0.00479. The van der Waals surface area contributed by atoms with E-state index in [1.807, 2.05) is 6.92 Å². The van der Waals surface area contributed by atoms with Crippen molar-refractivity contribution in [3.63, 3.8) is 0 Å². The summed E-state index contributed by atoms with van der Waals surface area (Å²) in [6.07, 6.45) is -2.48. The van der Waals surface area contributed by atoms with Crippen LogP contribution in [0, 0.1) is 6.92 Å². The Morgan fingerprint density at radius 1 is 1.29 bits per heavy atom. The molecule has 0 aliphatic carbocycles. The molecular formula is C12H13F2N3. The van der Waals surface area contributed by atoms with Gasteiger partial charge in [0.05, 0.1) is 5.69 Å². The molecule has 3 nitrogen and oxygen atoms in total. The zero-order valence-corrected chi connectivity index (χ0v) is 9.61. The average molecular weight is 237 g/mol. The third kappa shape index (κ3) is 2.13. The summed E-state index contributed by atoms with van der Waals surface area (Å²) >= 11 is 0. The lowest BCUT2D eigenvalue weighted by molar-refractivity contribution is 0.151. The van der Waals surface area contributed by atoms with Gasteiger partial charge < -0.3 is 5.73 Å². The van der Waals surface area contributed by atoms with Crippen molar-refractivity contribution in [1.29, 1.82) is 0 Å². The maximum absolute atomic E-state index is 12.6. The fraction of sp³-hybridized carbons (Fsp3) is 0.250. The maximum atomic E-state index is 12.6. The number of halogens is 2. The lowest BCUT2D eigenvalue weighted by Crippen LogP contribution is -1.96. The van der Waals surface area contributed by atoms with Gasteiger partial charge >= 0.3 is 0 Å². The Labute approximate surface area is 97.9 Å². The van der Waals surface area contributed by atoms with Crippen LogP contribution in [0.25, 0.3) is 11.3 Å². The molecule has 0 aliphatic heterocycles. The van der Waals surface area contributed by atoms with Gasteiger partial charge in [0, 0.05) is 24.2 Å². The van der Waals surface area contributed by atoms with Crippen LogP contribution in [-0.4, -0.2) is 9.78 Å². The highest BCUT2D eigenvalue weighted by molar-refractivity contribution is 5.66. The molecule has 1 aromatic heterocycles. The van der Waals surface area contributed by atoms with Crippen molar-refractivity contribution in [3.8, 4) is 11.3 Å². The maximum Gasteiger partial charge on any atom is 0.263 e. The van der Waals surface area contributed by atoms with E-state index in [1.165, 1.54) is 16.8 Å². The van der Waals surface area contributed by atoms with Crippen LogP contribution in [0.1, 0.15) is 17.6 Å². The highest BCUT2D eigenvalue weighted by Gasteiger charge is 2.12. The molecule has 5 heteroatoms. The molecule has 0 radical (unpaired) electrons. The first kappa shape index (κ1) is 11.6. The molecule has 0 unspecified atom stereocenters. The van der Waals surface area contributed by atoms with Crippen LogP contribution in [0.4, 0.5) is 14.6 Å². The molecule has 0 saturated carbocycles. The highest BCUT2D eigenvalue weighted by atomic mass is 19.3. The van der Waals surface area contributed by atoms with Crippen molar-refractivity contribution in [2.24, 2.45) is 7.05 Å². The van der Waals surface area contributed by atoms with E-state index in [0.29, 0.717) is 17.1 Å². The Morgan fingerprint density at radius 3 is 2.53 bits per heavy atom. The molecule has 0 amide bonds. The van der Waals surface area contributed by atoms with Gasteiger partial charge in [0.1, 0.15) is 5.82 Å². The Bertz CT molecular complexity index is 527. The number of benzene rings is 1. The Hall–Kier alpha value is -1.91. The Balaban J connectivity index is 2.54. The van der Waals surface area contributed by atoms with Crippen molar-refractivity contribution in [2.45, 2.75) is 13.3 Å². The van der Waals surface area contributed by atoms with E-state index >= 15 is 0 Å². The number of nitrogens with zero attached hydrogens (tertiary/aromatic N) is 2. The molecule has 2 N–H and O–H groups in total. The summed E-state index contributed by atoms with van der Waals surface area (Å²) in [5.41, 5.74) is 7.87. The van der Waals surface area contributed by atoms with E-state index in [-0.39, 0.29) is 5.56 Å². The van der Waals surface area contributed by atoms with Crippen molar-refractivity contribution in [2.75, 3.05) is 5.73 Å². The zero-order chi connectivity index (χ0) is 12.6. The fourth-order valence-electron chi connectivity index (χ4n) is 1.66. The molecule has 1 heterocycles. The summed E-state index contributed by atoms with van der Waals surface area (Å²) in [6.45, 7) is 1.86. The molecule has 0 bridgehead atoms. The number of hydrogen-bond acceptors (Lipinski definition) is 2. The van der Waals surface area contributed by atoms with Gasteiger partial charge in [-0.25, -0.2) is 8.78 Å². The van der Waals surface area contributed by atoms with Gasteiger partial charge in [-0.05, 0) is 18.6 Å². The average Bonchev–Trinajstić information content (AvgIpc) is 2.59. The molecule has 2 rings (SSSR count). The number of anilines is 1. The van der Waals surface area contributed by atoms with Gasteiger partial charge in [0.2, 0.25) is 0 Å². The van der Waals surface area contributed by atoms with Gasteiger partial charge in [-0.2, -0.15) is 5.10 Å². The van der Waals surface area contributed by atoms with Crippen molar-refractivity contribution >= 4 is 5.82 Å². The first-order valence-corrected chi connectivity index (χ1v) is 5.17. The molecule has 90 valence electrons. The van der Waals surface area contributed by atoms with Crippen LogP contribution >= 0.6 is 0 Å². The predicted molar refractivity (Wildman–Crippen MR) is 62.8 cm³/mol. The summed E-state index contributed by atoms with van der Waals surface area (Å²) in [5, 5.41) is 4.19. The third-order valence-electron chi connectivity index (χ3n) is 2.71. The van der Waals surface area contributed by atoms with E-state index < -0.39 is 6.43 Å². The van der Waals surface area contributed by atoms with Crippen LogP contribution in [0.2, 0.25) is 0 Å². The molecule has 17 heavy (non-hydrogen) atoms. The van der Waals surface area contributed by atoms with E-state index in [2.05, 4.69) is 5.10 Å². The topological polar surface area (TPSA) is 43.8 Å². The van der Waals surface area contributed by atoms with Gasteiger partial charge in [0.25, 0.3) is 6.43 Å². The number of rotatable bonds is 2. The number of nitrogen functional groups attached to an aromatic ring is 1. The lowest BCUT2D eigenvalue weighted by Gasteiger charge is -2.06. The monoisotopic (exact) mass is 237 g/mol. The summed E-state index contributed by atoms with van der Waals surface area (Å²) < 4.78 is 26.8. The third-order valence-corrected chi connectivity index (χ3v) is 2.71. The number of nitrogens with two attached hydrogens (primary N) is 1. The van der Waals surface area contributed by atoms with E-state index in [1.54, 1.807) is 19.2 Å². The first-order chi connectivity index (χ1) is 7.99. The molecule has 0 saturated heterocycles. The van der Waals surface area contributed by atoms with Crippen LogP contribution < -0.4 is 5.73 Å². The normalized spacial score (nSPS) is 11.1.